The van der Waals surface area contributed by atoms with Crippen molar-refractivity contribution in [2.45, 2.75) is 25.9 Å². The number of benzene rings is 1. The molecule has 0 unspecified atom stereocenters. The SMILES string of the molecule is CNCCCC(=O)NCc1cccc(Cn2cccn2)c1.Cl. The minimum absolute atomic E-state index is 0. The normalized spacial score (nSPS) is 10.0. The van der Waals surface area contributed by atoms with Gasteiger partial charge in [-0.05, 0) is 37.2 Å². The van der Waals surface area contributed by atoms with Gasteiger partial charge in [-0.1, -0.05) is 24.3 Å². The van der Waals surface area contributed by atoms with Crippen molar-refractivity contribution < 1.29 is 4.79 Å². The number of nitrogens with zero attached hydrogens (tertiary/aromatic N) is 2. The molecule has 0 fully saturated rings. The molecular weight excluding hydrogens is 300 g/mol. The molecule has 2 N–H and O–H groups in total. The van der Waals surface area contributed by atoms with Crippen molar-refractivity contribution in [3.05, 3.63) is 53.9 Å². The van der Waals surface area contributed by atoms with Crippen LogP contribution in [0.4, 0.5) is 0 Å². The maximum absolute atomic E-state index is 11.7. The maximum atomic E-state index is 11.7. The van der Waals surface area contributed by atoms with Crippen LogP contribution in [-0.4, -0.2) is 29.3 Å². The lowest BCUT2D eigenvalue weighted by Crippen LogP contribution is -2.23. The number of aromatic nitrogens is 2. The minimum atomic E-state index is 0. The van der Waals surface area contributed by atoms with Crippen LogP contribution >= 0.6 is 12.4 Å². The van der Waals surface area contributed by atoms with E-state index in [4.69, 9.17) is 0 Å². The van der Waals surface area contributed by atoms with E-state index < -0.39 is 0 Å². The van der Waals surface area contributed by atoms with E-state index in [1.807, 2.05) is 36.1 Å². The van der Waals surface area contributed by atoms with Crippen molar-refractivity contribution in [3.63, 3.8) is 0 Å². The van der Waals surface area contributed by atoms with Gasteiger partial charge < -0.3 is 10.6 Å². The smallest absolute Gasteiger partial charge is 0.220 e. The van der Waals surface area contributed by atoms with Crippen molar-refractivity contribution in [3.8, 4) is 0 Å². The largest absolute Gasteiger partial charge is 0.352 e. The fraction of sp³-hybridized carbons (Fsp3) is 0.375. The molecule has 2 rings (SSSR count). The number of nitrogens with one attached hydrogen (secondary N) is 2. The Hall–Kier alpha value is -1.85. The molecule has 1 heterocycles. The van der Waals surface area contributed by atoms with Gasteiger partial charge in [0.1, 0.15) is 0 Å². The molecular formula is C16H23ClN4O. The van der Waals surface area contributed by atoms with Crippen LogP contribution < -0.4 is 10.6 Å². The summed E-state index contributed by atoms with van der Waals surface area (Å²) in [6, 6.07) is 10.1. The third-order valence-electron chi connectivity index (χ3n) is 3.22. The molecule has 0 spiro atoms. The molecule has 2 aromatic rings. The van der Waals surface area contributed by atoms with Crippen molar-refractivity contribution in [2.24, 2.45) is 0 Å². The molecule has 0 atom stereocenters. The second-order valence-corrected chi connectivity index (χ2v) is 5.01. The molecule has 0 aliphatic heterocycles. The van der Waals surface area contributed by atoms with Crippen molar-refractivity contribution in [1.82, 2.24) is 20.4 Å². The average molecular weight is 323 g/mol. The molecule has 6 heteroatoms. The number of amides is 1. The second-order valence-electron chi connectivity index (χ2n) is 5.01. The van der Waals surface area contributed by atoms with Crippen LogP contribution in [0, 0.1) is 0 Å². The van der Waals surface area contributed by atoms with E-state index in [1.165, 1.54) is 5.56 Å². The fourth-order valence-electron chi connectivity index (χ4n) is 2.13. The van der Waals surface area contributed by atoms with Crippen LogP contribution in [0.2, 0.25) is 0 Å². The molecule has 0 saturated heterocycles. The van der Waals surface area contributed by atoms with E-state index in [9.17, 15) is 4.79 Å². The summed E-state index contributed by atoms with van der Waals surface area (Å²) in [7, 11) is 1.89. The Morgan fingerprint density at radius 3 is 2.82 bits per heavy atom. The van der Waals surface area contributed by atoms with Gasteiger partial charge in [0.15, 0.2) is 0 Å². The highest BCUT2D eigenvalue weighted by Gasteiger charge is 2.02. The van der Waals surface area contributed by atoms with Crippen LogP contribution in [0.1, 0.15) is 24.0 Å². The molecule has 1 amide bonds. The second kappa shape index (κ2) is 9.97. The Morgan fingerprint density at radius 1 is 1.27 bits per heavy atom. The quantitative estimate of drug-likeness (QED) is 0.731. The zero-order chi connectivity index (χ0) is 14.9. The maximum Gasteiger partial charge on any atom is 0.220 e. The number of carbonyl (C=O) groups is 1. The highest BCUT2D eigenvalue weighted by molar-refractivity contribution is 5.85. The highest BCUT2D eigenvalue weighted by atomic mass is 35.5. The Kier molecular flexibility index (Phi) is 8.25. The summed E-state index contributed by atoms with van der Waals surface area (Å²) in [6.45, 7) is 2.19. The predicted octanol–water partition coefficient (Wildman–Crippen LogP) is 1.97. The molecule has 120 valence electrons. The van der Waals surface area contributed by atoms with E-state index >= 15 is 0 Å². The molecule has 1 aromatic heterocycles. The number of halogens is 1. The molecule has 0 aliphatic rings. The van der Waals surface area contributed by atoms with Crippen LogP contribution in [-0.2, 0) is 17.9 Å². The first-order chi connectivity index (χ1) is 10.3. The first kappa shape index (κ1) is 18.2. The Balaban J connectivity index is 0.00000242. The van der Waals surface area contributed by atoms with Crippen LogP contribution in [0.15, 0.2) is 42.7 Å². The highest BCUT2D eigenvalue weighted by Crippen LogP contribution is 2.07. The van der Waals surface area contributed by atoms with E-state index in [0.717, 1.165) is 25.1 Å². The molecule has 0 radical (unpaired) electrons. The topological polar surface area (TPSA) is 59.0 Å². The Bertz CT molecular complexity index is 557. The summed E-state index contributed by atoms with van der Waals surface area (Å²) in [5.41, 5.74) is 2.29. The lowest BCUT2D eigenvalue weighted by Gasteiger charge is -2.08. The molecule has 22 heavy (non-hydrogen) atoms. The van der Waals surface area contributed by atoms with E-state index in [-0.39, 0.29) is 18.3 Å². The lowest BCUT2D eigenvalue weighted by atomic mass is 10.1. The number of carbonyl (C=O) groups excluding carboxylic acids is 1. The van der Waals surface area contributed by atoms with Crippen LogP contribution in [0.25, 0.3) is 0 Å². The summed E-state index contributed by atoms with van der Waals surface area (Å²) >= 11 is 0. The summed E-state index contributed by atoms with van der Waals surface area (Å²) in [4.78, 5) is 11.7. The van der Waals surface area contributed by atoms with Gasteiger partial charge in [0.2, 0.25) is 5.91 Å². The van der Waals surface area contributed by atoms with E-state index in [0.29, 0.717) is 13.0 Å². The van der Waals surface area contributed by atoms with Crippen LogP contribution in [0.3, 0.4) is 0 Å². The van der Waals surface area contributed by atoms with Gasteiger partial charge in [-0.3, -0.25) is 9.48 Å². The zero-order valence-corrected chi connectivity index (χ0v) is 13.6. The van der Waals surface area contributed by atoms with E-state index in [2.05, 4.69) is 27.9 Å². The van der Waals surface area contributed by atoms with Gasteiger partial charge in [-0.2, -0.15) is 5.10 Å². The van der Waals surface area contributed by atoms with Gasteiger partial charge in [-0.25, -0.2) is 0 Å². The number of hydrogen-bond acceptors (Lipinski definition) is 3. The Morgan fingerprint density at radius 2 is 2.09 bits per heavy atom. The van der Waals surface area contributed by atoms with Gasteiger partial charge in [-0.15, -0.1) is 12.4 Å². The summed E-state index contributed by atoms with van der Waals surface area (Å²) in [5.74, 6) is 0.0997. The molecule has 0 saturated carbocycles. The van der Waals surface area contributed by atoms with Gasteiger partial charge >= 0.3 is 0 Å². The average Bonchev–Trinajstić information content (AvgIpc) is 2.99. The standard InChI is InChI=1S/C16H22N4O.ClH/c1-17-8-3-7-16(21)18-12-14-5-2-6-15(11-14)13-20-10-4-9-19-20;/h2,4-6,9-11,17H,3,7-8,12-13H2,1H3,(H,18,21);1H. The molecule has 5 nitrogen and oxygen atoms in total. The van der Waals surface area contributed by atoms with E-state index in [1.54, 1.807) is 6.20 Å². The number of rotatable bonds is 8. The van der Waals surface area contributed by atoms with Crippen molar-refractivity contribution >= 4 is 18.3 Å². The molecule has 0 bridgehead atoms. The number of hydrogen-bond donors (Lipinski definition) is 2. The minimum Gasteiger partial charge on any atom is -0.352 e. The molecule has 1 aromatic carbocycles. The third-order valence-corrected chi connectivity index (χ3v) is 3.22. The Labute approximate surface area is 137 Å². The summed E-state index contributed by atoms with van der Waals surface area (Å²) in [5, 5.41) is 10.2. The zero-order valence-electron chi connectivity index (χ0n) is 12.8. The van der Waals surface area contributed by atoms with Gasteiger partial charge in [0.25, 0.3) is 0 Å². The van der Waals surface area contributed by atoms with Crippen molar-refractivity contribution in [2.75, 3.05) is 13.6 Å². The first-order valence-corrected chi connectivity index (χ1v) is 7.24. The third kappa shape index (κ3) is 6.28. The van der Waals surface area contributed by atoms with Crippen LogP contribution in [0.5, 0.6) is 0 Å². The molecule has 0 aliphatic carbocycles. The monoisotopic (exact) mass is 322 g/mol. The summed E-state index contributed by atoms with van der Waals surface area (Å²) < 4.78 is 1.88. The van der Waals surface area contributed by atoms with Gasteiger partial charge in [0, 0.05) is 25.4 Å². The first-order valence-electron chi connectivity index (χ1n) is 7.24. The fourth-order valence-corrected chi connectivity index (χ4v) is 2.13. The predicted molar refractivity (Wildman–Crippen MR) is 90.0 cm³/mol. The van der Waals surface area contributed by atoms with Crippen molar-refractivity contribution in [1.29, 1.82) is 0 Å². The van der Waals surface area contributed by atoms with Gasteiger partial charge in [0.05, 0.1) is 6.54 Å². The lowest BCUT2D eigenvalue weighted by molar-refractivity contribution is -0.121. The summed E-state index contributed by atoms with van der Waals surface area (Å²) in [6.07, 6.45) is 5.14.